The Bertz CT molecular complexity index is 515. The number of anilines is 1. The van der Waals surface area contributed by atoms with Crippen molar-refractivity contribution in [3.8, 4) is 11.4 Å². The molecule has 0 saturated carbocycles. The molecule has 0 atom stereocenters. The normalized spacial score (nSPS) is 11.1. The van der Waals surface area contributed by atoms with Crippen LogP contribution in [-0.4, -0.2) is 19.7 Å². The van der Waals surface area contributed by atoms with E-state index < -0.39 is 0 Å². The van der Waals surface area contributed by atoms with Crippen molar-refractivity contribution in [1.29, 1.82) is 0 Å². The van der Waals surface area contributed by atoms with Crippen molar-refractivity contribution >= 4 is 5.69 Å². The average molecular weight is 231 g/mol. The fourth-order valence-electron chi connectivity index (χ4n) is 1.73. The van der Waals surface area contributed by atoms with E-state index in [0.29, 0.717) is 11.6 Å². The van der Waals surface area contributed by atoms with Crippen LogP contribution in [0.5, 0.6) is 0 Å². The monoisotopic (exact) mass is 231 g/mol. The summed E-state index contributed by atoms with van der Waals surface area (Å²) in [5, 5.41) is 4.47. The first-order chi connectivity index (χ1) is 8.08. The Morgan fingerprint density at radius 1 is 1.24 bits per heavy atom. The highest BCUT2D eigenvalue weighted by Gasteiger charge is 2.13. The van der Waals surface area contributed by atoms with E-state index in [0.717, 1.165) is 23.6 Å². The fraction of sp³-hybridized carbons (Fsp3) is 0.417. The predicted octanol–water partition coefficient (Wildman–Crippen LogP) is 1.89. The summed E-state index contributed by atoms with van der Waals surface area (Å²) >= 11 is 0. The van der Waals surface area contributed by atoms with E-state index in [1.54, 1.807) is 12.4 Å². The Hall–Kier alpha value is -1.91. The zero-order chi connectivity index (χ0) is 12.4. The van der Waals surface area contributed by atoms with Crippen LogP contribution in [-0.2, 0) is 6.54 Å². The summed E-state index contributed by atoms with van der Waals surface area (Å²) < 4.78 is 1.86. The van der Waals surface area contributed by atoms with Crippen LogP contribution in [0.4, 0.5) is 5.69 Å². The largest absolute Gasteiger partial charge is 0.396 e. The molecule has 0 spiro atoms. The third-order valence-corrected chi connectivity index (χ3v) is 2.45. The van der Waals surface area contributed by atoms with Crippen molar-refractivity contribution in [3.05, 3.63) is 24.3 Å². The number of hydrogen-bond donors (Lipinski definition) is 1. The van der Waals surface area contributed by atoms with Crippen LogP contribution in [0.25, 0.3) is 11.4 Å². The average Bonchev–Trinajstić information content (AvgIpc) is 2.59. The van der Waals surface area contributed by atoms with Gasteiger partial charge in [-0.05, 0) is 12.8 Å². The van der Waals surface area contributed by atoms with E-state index in [4.69, 9.17) is 5.73 Å². The van der Waals surface area contributed by atoms with Gasteiger partial charge in [-0.2, -0.15) is 5.10 Å². The number of hydrogen-bond acceptors (Lipinski definition) is 4. The first-order valence-corrected chi connectivity index (χ1v) is 5.69. The summed E-state index contributed by atoms with van der Waals surface area (Å²) in [4.78, 5) is 8.48. The van der Waals surface area contributed by atoms with Crippen molar-refractivity contribution < 1.29 is 0 Å². The molecular formula is C12H17N5. The standard InChI is InChI=1S/C12H17N5/c1-8(2)6-17-7-10(13)12(16-17)11-9(3)14-4-5-15-11/h4-5,7-8H,6,13H2,1-3H3. The topological polar surface area (TPSA) is 69.6 Å². The molecule has 90 valence electrons. The van der Waals surface area contributed by atoms with Crippen molar-refractivity contribution in [2.45, 2.75) is 27.3 Å². The molecule has 0 amide bonds. The van der Waals surface area contributed by atoms with Crippen molar-refractivity contribution in [1.82, 2.24) is 19.7 Å². The number of nitrogens with two attached hydrogens (primary N) is 1. The Balaban J connectivity index is 2.40. The molecular weight excluding hydrogens is 214 g/mol. The van der Waals surface area contributed by atoms with Crippen LogP contribution in [0, 0.1) is 12.8 Å². The van der Waals surface area contributed by atoms with Gasteiger partial charge in [0.2, 0.25) is 0 Å². The molecule has 5 heteroatoms. The molecule has 2 rings (SSSR count). The second kappa shape index (κ2) is 4.53. The van der Waals surface area contributed by atoms with Gasteiger partial charge in [0, 0.05) is 25.1 Å². The lowest BCUT2D eigenvalue weighted by molar-refractivity contribution is 0.484. The van der Waals surface area contributed by atoms with Gasteiger partial charge in [0.15, 0.2) is 0 Å². The summed E-state index contributed by atoms with van der Waals surface area (Å²) in [5.74, 6) is 0.533. The van der Waals surface area contributed by atoms with Gasteiger partial charge in [-0.1, -0.05) is 13.8 Å². The Morgan fingerprint density at radius 2 is 1.94 bits per heavy atom. The lowest BCUT2D eigenvalue weighted by Gasteiger charge is -2.03. The van der Waals surface area contributed by atoms with Crippen LogP contribution in [0.3, 0.4) is 0 Å². The molecule has 0 aliphatic rings. The van der Waals surface area contributed by atoms with E-state index in [1.807, 2.05) is 17.8 Å². The molecule has 2 aromatic rings. The number of aromatic nitrogens is 4. The van der Waals surface area contributed by atoms with E-state index in [1.165, 1.54) is 0 Å². The Morgan fingerprint density at radius 3 is 2.59 bits per heavy atom. The van der Waals surface area contributed by atoms with Crippen LogP contribution in [0.15, 0.2) is 18.6 Å². The lowest BCUT2D eigenvalue weighted by atomic mass is 10.2. The molecule has 0 aromatic carbocycles. The molecule has 2 heterocycles. The minimum absolute atomic E-state index is 0.533. The molecule has 0 unspecified atom stereocenters. The number of rotatable bonds is 3. The first kappa shape index (κ1) is 11.6. The van der Waals surface area contributed by atoms with Crippen LogP contribution in [0.1, 0.15) is 19.5 Å². The van der Waals surface area contributed by atoms with Gasteiger partial charge < -0.3 is 5.73 Å². The number of aryl methyl sites for hydroxylation is 1. The number of nitrogen functional groups attached to an aromatic ring is 1. The molecule has 0 aliphatic carbocycles. The zero-order valence-electron chi connectivity index (χ0n) is 10.4. The van der Waals surface area contributed by atoms with Crippen LogP contribution < -0.4 is 5.73 Å². The van der Waals surface area contributed by atoms with Crippen molar-refractivity contribution in [2.24, 2.45) is 5.92 Å². The first-order valence-electron chi connectivity index (χ1n) is 5.69. The molecule has 0 fully saturated rings. The predicted molar refractivity (Wildman–Crippen MR) is 67.2 cm³/mol. The van der Waals surface area contributed by atoms with Gasteiger partial charge in [0.25, 0.3) is 0 Å². The Labute approximate surface area is 101 Å². The second-order valence-corrected chi connectivity index (χ2v) is 4.54. The Kier molecular flexibility index (Phi) is 3.08. The molecule has 5 nitrogen and oxygen atoms in total. The third kappa shape index (κ3) is 2.43. The molecule has 0 aliphatic heterocycles. The van der Waals surface area contributed by atoms with Crippen LogP contribution >= 0.6 is 0 Å². The molecule has 0 bridgehead atoms. The summed E-state index contributed by atoms with van der Waals surface area (Å²) in [6.45, 7) is 7.04. The van der Waals surface area contributed by atoms with E-state index in [9.17, 15) is 0 Å². The maximum Gasteiger partial charge on any atom is 0.135 e. The lowest BCUT2D eigenvalue weighted by Crippen LogP contribution is -2.05. The molecule has 2 N–H and O–H groups in total. The van der Waals surface area contributed by atoms with Gasteiger partial charge in [-0.3, -0.25) is 14.6 Å². The zero-order valence-corrected chi connectivity index (χ0v) is 10.4. The minimum Gasteiger partial charge on any atom is -0.396 e. The third-order valence-electron chi connectivity index (χ3n) is 2.45. The van der Waals surface area contributed by atoms with Gasteiger partial charge in [0.1, 0.15) is 11.4 Å². The highest BCUT2D eigenvalue weighted by atomic mass is 15.3. The highest BCUT2D eigenvalue weighted by Crippen LogP contribution is 2.23. The van der Waals surface area contributed by atoms with Gasteiger partial charge in [-0.25, -0.2) is 0 Å². The van der Waals surface area contributed by atoms with Gasteiger partial charge in [0.05, 0.1) is 11.4 Å². The SMILES string of the molecule is Cc1nccnc1-c1nn(CC(C)C)cc1N. The van der Waals surface area contributed by atoms with Crippen LogP contribution in [0.2, 0.25) is 0 Å². The fourth-order valence-corrected chi connectivity index (χ4v) is 1.73. The molecule has 17 heavy (non-hydrogen) atoms. The quantitative estimate of drug-likeness (QED) is 0.875. The minimum atomic E-state index is 0.533. The van der Waals surface area contributed by atoms with Gasteiger partial charge >= 0.3 is 0 Å². The highest BCUT2D eigenvalue weighted by molar-refractivity contribution is 5.70. The summed E-state index contributed by atoms with van der Waals surface area (Å²) in [7, 11) is 0. The van der Waals surface area contributed by atoms with Crippen molar-refractivity contribution in [3.63, 3.8) is 0 Å². The smallest absolute Gasteiger partial charge is 0.135 e. The van der Waals surface area contributed by atoms with E-state index in [2.05, 4.69) is 28.9 Å². The molecule has 0 saturated heterocycles. The maximum absolute atomic E-state index is 5.97. The number of nitrogens with zero attached hydrogens (tertiary/aromatic N) is 4. The summed E-state index contributed by atoms with van der Waals surface area (Å²) in [6.07, 6.45) is 5.17. The molecule has 2 aromatic heterocycles. The second-order valence-electron chi connectivity index (χ2n) is 4.54. The maximum atomic E-state index is 5.97. The summed E-state index contributed by atoms with van der Waals surface area (Å²) in [5.41, 5.74) is 8.93. The van der Waals surface area contributed by atoms with Crippen molar-refractivity contribution in [2.75, 3.05) is 5.73 Å². The summed E-state index contributed by atoms with van der Waals surface area (Å²) in [6, 6.07) is 0. The van der Waals surface area contributed by atoms with E-state index >= 15 is 0 Å². The van der Waals surface area contributed by atoms with E-state index in [-0.39, 0.29) is 0 Å². The van der Waals surface area contributed by atoms with Gasteiger partial charge in [-0.15, -0.1) is 0 Å². The molecule has 0 radical (unpaired) electrons.